The average Bonchev–Trinajstić information content (AvgIpc) is 2.61. The third-order valence-electron chi connectivity index (χ3n) is 3.46. The number of rotatable bonds is 4. The summed E-state index contributed by atoms with van der Waals surface area (Å²) < 4.78 is 0. The highest BCUT2D eigenvalue weighted by Gasteiger charge is 2.01. The summed E-state index contributed by atoms with van der Waals surface area (Å²) in [5.41, 5.74) is 7.25. The molecule has 1 N–H and O–H groups in total. The number of anilines is 1. The Morgan fingerprint density at radius 2 is 1.57 bits per heavy atom. The van der Waals surface area contributed by atoms with Crippen LogP contribution in [-0.2, 0) is 0 Å². The molecule has 3 aromatic rings. The van der Waals surface area contributed by atoms with E-state index in [9.17, 15) is 0 Å². The highest BCUT2D eigenvalue weighted by molar-refractivity contribution is 6.29. The molecule has 0 amide bonds. The van der Waals surface area contributed by atoms with E-state index in [1.807, 2.05) is 37.3 Å². The van der Waals surface area contributed by atoms with Gasteiger partial charge in [0.15, 0.2) is 0 Å². The normalized spacial score (nSPS) is 11.3. The number of hydrazone groups is 1. The molecular weight excluding hydrogens is 306 g/mol. The van der Waals surface area contributed by atoms with E-state index in [1.165, 1.54) is 11.1 Å². The van der Waals surface area contributed by atoms with Crippen LogP contribution in [-0.4, -0.2) is 10.7 Å². The van der Waals surface area contributed by atoms with Crippen molar-refractivity contribution in [1.82, 2.24) is 4.98 Å². The third kappa shape index (κ3) is 3.96. The van der Waals surface area contributed by atoms with Gasteiger partial charge in [-0.05, 0) is 35.7 Å². The van der Waals surface area contributed by atoms with Crippen LogP contribution in [0.2, 0.25) is 5.15 Å². The van der Waals surface area contributed by atoms with Crippen molar-refractivity contribution in [3.63, 3.8) is 0 Å². The summed E-state index contributed by atoms with van der Waals surface area (Å²) >= 11 is 5.85. The van der Waals surface area contributed by atoms with Crippen molar-refractivity contribution >= 4 is 23.1 Å². The molecular formula is C19H16ClN3. The van der Waals surface area contributed by atoms with Crippen LogP contribution in [0.15, 0.2) is 77.9 Å². The van der Waals surface area contributed by atoms with E-state index >= 15 is 0 Å². The fraction of sp³-hybridized carbons (Fsp3) is 0.0526. The van der Waals surface area contributed by atoms with Gasteiger partial charge in [0.1, 0.15) is 11.0 Å². The maximum atomic E-state index is 5.85. The van der Waals surface area contributed by atoms with Gasteiger partial charge < -0.3 is 0 Å². The number of benzene rings is 2. The van der Waals surface area contributed by atoms with E-state index in [0.717, 1.165) is 11.3 Å². The maximum Gasteiger partial charge on any atom is 0.147 e. The maximum absolute atomic E-state index is 5.85. The van der Waals surface area contributed by atoms with Crippen LogP contribution < -0.4 is 5.43 Å². The highest BCUT2D eigenvalue weighted by Crippen LogP contribution is 2.19. The first kappa shape index (κ1) is 15.3. The molecule has 0 radical (unpaired) electrons. The highest BCUT2D eigenvalue weighted by atomic mass is 35.5. The summed E-state index contributed by atoms with van der Waals surface area (Å²) in [6.07, 6.45) is 0. The Morgan fingerprint density at radius 1 is 0.870 bits per heavy atom. The third-order valence-corrected chi connectivity index (χ3v) is 3.67. The molecule has 114 valence electrons. The van der Waals surface area contributed by atoms with Gasteiger partial charge in [0, 0.05) is 0 Å². The predicted molar refractivity (Wildman–Crippen MR) is 97.0 cm³/mol. The van der Waals surface area contributed by atoms with Gasteiger partial charge in [-0.15, -0.1) is 0 Å². The number of aromatic nitrogens is 1. The fourth-order valence-electron chi connectivity index (χ4n) is 2.21. The number of nitrogens with zero attached hydrogens (tertiary/aromatic N) is 2. The molecule has 2 aromatic carbocycles. The molecule has 23 heavy (non-hydrogen) atoms. The van der Waals surface area contributed by atoms with Crippen LogP contribution in [0, 0.1) is 0 Å². The average molecular weight is 322 g/mol. The first-order chi connectivity index (χ1) is 11.2. The molecule has 0 fully saturated rings. The van der Waals surface area contributed by atoms with Crippen molar-refractivity contribution in [2.45, 2.75) is 6.92 Å². The zero-order valence-electron chi connectivity index (χ0n) is 12.7. The Morgan fingerprint density at radius 3 is 2.26 bits per heavy atom. The first-order valence-electron chi connectivity index (χ1n) is 7.31. The topological polar surface area (TPSA) is 37.3 Å². The lowest BCUT2D eigenvalue weighted by molar-refractivity contribution is 1.22. The molecule has 0 unspecified atom stereocenters. The molecule has 0 atom stereocenters. The molecule has 1 aromatic heterocycles. The number of pyridine rings is 1. The minimum Gasteiger partial charge on any atom is -0.261 e. The molecule has 4 heteroatoms. The van der Waals surface area contributed by atoms with Crippen molar-refractivity contribution in [3.05, 3.63) is 83.5 Å². The van der Waals surface area contributed by atoms with Gasteiger partial charge in [0.2, 0.25) is 0 Å². The van der Waals surface area contributed by atoms with E-state index in [0.29, 0.717) is 11.0 Å². The van der Waals surface area contributed by atoms with E-state index in [2.05, 4.69) is 51.9 Å². The SMILES string of the molecule is CC(=NNc1cccc(Cl)n1)c1ccc(-c2ccccc2)cc1. The van der Waals surface area contributed by atoms with Crippen molar-refractivity contribution < 1.29 is 0 Å². The molecule has 3 rings (SSSR count). The van der Waals surface area contributed by atoms with E-state index in [4.69, 9.17) is 11.6 Å². The molecule has 1 heterocycles. The minimum atomic E-state index is 0.440. The van der Waals surface area contributed by atoms with Crippen molar-refractivity contribution in [3.8, 4) is 11.1 Å². The number of hydrogen-bond donors (Lipinski definition) is 1. The monoisotopic (exact) mass is 321 g/mol. The lowest BCUT2D eigenvalue weighted by atomic mass is 10.0. The van der Waals surface area contributed by atoms with Crippen molar-refractivity contribution in [2.75, 3.05) is 5.43 Å². The van der Waals surface area contributed by atoms with Gasteiger partial charge in [-0.3, -0.25) is 5.43 Å². The van der Waals surface area contributed by atoms with Crippen LogP contribution in [0.25, 0.3) is 11.1 Å². The van der Waals surface area contributed by atoms with Crippen molar-refractivity contribution in [1.29, 1.82) is 0 Å². The largest absolute Gasteiger partial charge is 0.261 e. The van der Waals surface area contributed by atoms with Gasteiger partial charge in [-0.2, -0.15) is 5.10 Å². The van der Waals surface area contributed by atoms with E-state index < -0.39 is 0 Å². The second-order valence-electron chi connectivity index (χ2n) is 5.10. The Hall–Kier alpha value is -2.65. The summed E-state index contributed by atoms with van der Waals surface area (Å²) in [4.78, 5) is 4.14. The standard InChI is InChI=1S/C19H16ClN3/c1-14(22-23-19-9-5-8-18(20)21-19)15-10-12-17(13-11-15)16-6-3-2-4-7-16/h2-13H,1H3,(H,21,23). The van der Waals surface area contributed by atoms with E-state index in [-0.39, 0.29) is 0 Å². The Balaban J connectivity index is 1.75. The van der Waals surface area contributed by atoms with E-state index in [1.54, 1.807) is 6.07 Å². The van der Waals surface area contributed by atoms with Gasteiger partial charge in [-0.25, -0.2) is 4.98 Å². The molecule has 3 nitrogen and oxygen atoms in total. The van der Waals surface area contributed by atoms with Gasteiger partial charge in [0.25, 0.3) is 0 Å². The lowest BCUT2D eigenvalue weighted by Crippen LogP contribution is -2.00. The number of hydrogen-bond acceptors (Lipinski definition) is 3. The second-order valence-corrected chi connectivity index (χ2v) is 5.49. The predicted octanol–water partition coefficient (Wildman–Crippen LogP) is 5.24. The molecule has 0 aliphatic heterocycles. The zero-order valence-corrected chi connectivity index (χ0v) is 13.5. The number of nitrogens with one attached hydrogen (secondary N) is 1. The van der Waals surface area contributed by atoms with Crippen LogP contribution in [0.1, 0.15) is 12.5 Å². The molecule has 0 saturated heterocycles. The summed E-state index contributed by atoms with van der Waals surface area (Å²) in [6, 6.07) is 24.0. The second kappa shape index (κ2) is 7.07. The molecule has 0 spiro atoms. The zero-order chi connectivity index (χ0) is 16.1. The molecule has 0 bridgehead atoms. The Kier molecular flexibility index (Phi) is 4.69. The summed E-state index contributed by atoms with van der Waals surface area (Å²) in [5, 5.41) is 4.79. The Bertz CT molecular complexity index is 812. The number of halogens is 1. The molecule has 0 aliphatic rings. The van der Waals surface area contributed by atoms with Crippen LogP contribution in [0.4, 0.5) is 5.82 Å². The first-order valence-corrected chi connectivity index (χ1v) is 7.69. The smallest absolute Gasteiger partial charge is 0.147 e. The summed E-state index contributed by atoms with van der Waals surface area (Å²) in [7, 11) is 0. The van der Waals surface area contributed by atoms with Crippen molar-refractivity contribution in [2.24, 2.45) is 5.10 Å². The Labute approximate surface area is 140 Å². The quantitative estimate of drug-likeness (QED) is 0.405. The molecule has 0 saturated carbocycles. The van der Waals surface area contributed by atoms with Gasteiger partial charge in [-0.1, -0.05) is 72.3 Å². The van der Waals surface area contributed by atoms with Gasteiger partial charge in [0.05, 0.1) is 5.71 Å². The lowest BCUT2D eigenvalue weighted by Gasteiger charge is -2.05. The summed E-state index contributed by atoms with van der Waals surface area (Å²) in [6.45, 7) is 1.95. The van der Waals surface area contributed by atoms with Crippen LogP contribution in [0.3, 0.4) is 0 Å². The van der Waals surface area contributed by atoms with Crippen LogP contribution >= 0.6 is 11.6 Å². The van der Waals surface area contributed by atoms with Gasteiger partial charge >= 0.3 is 0 Å². The van der Waals surface area contributed by atoms with Crippen LogP contribution in [0.5, 0.6) is 0 Å². The fourth-order valence-corrected chi connectivity index (χ4v) is 2.37. The minimum absolute atomic E-state index is 0.440. The summed E-state index contributed by atoms with van der Waals surface area (Å²) in [5.74, 6) is 0.623. The molecule has 0 aliphatic carbocycles.